The number of urea groups is 1. The fraction of sp³-hybridized carbons (Fsp3) is 0.429. The summed E-state index contributed by atoms with van der Waals surface area (Å²) in [5.74, 6) is -0.428. The molecule has 114 valence electrons. The summed E-state index contributed by atoms with van der Waals surface area (Å²) < 4.78 is 10.3. The molecule has 1 saturated heterocycles. The van der Waals surface area contributed by atoms with E-state index in [1.54, 1.807) is 13.2 Å². The lowest BCUT2D eigenvalue weighted by molar-refractivity contribution is -0.144. The van der Waals surface area contributed by atoms with Crippen LogP contribution in [0.2, 0.25) is 0 Å². The zero-order valence-corrected chi connectivity index (χ0v) is 11.7. The minimum atomic E-state index is -1.34. The molecule has 0 bridgehead atoms. The van der Waals surface area contributed by atoms with Crippen LogP contribution in [0.3, 0.4) is 0 Å². The summed E-state index contributed by atoms with van der Waals surface area (Å²) in [4.78, 5) is 23.2. The van der Waals surface area contributed by atoms with Crippen molar-refractivity contribution in [3.8, 4) is 5.75 Å². The second-order valence-corrected chi connectivity index (χ2v) is 4.81. The zero-order valence-electron chi connectivity index (χ0n) is 11.7. The summed E-state index contributed by atoms with van der Waals surface area (Å²) >= 11 is 0. The van der Waals surface area contributed by atoms with Crippen LogP contribution in [0.15, 0.2) is 24.3 Å². The first-order chi connectivity index (χ1) is 10.1. The van der Waals surface area contributed by atoms with Gasteiger partial charge in [0.25, 0.3) is 0 Å². The molecule has 7 heteroatoms. The van der Waals surface area contributed by atoms with Crippen LogP contribution in [0, 0.1) is 0 Å². The number of ether oxygens (including phenoxy) is 2. The van der Waals surface area contributed by atoms with E-state index < -0.39 is 17.5 Å². The molecule has 1 unspecified atom stereocenters. The van der Waals surface area contributed by atoms with E-state index in [1.165, 1.54) is 0 Å². The largest absolute Gasteiger partial charge is 0.496 e. The number of hydrogen-bond donors (Lipinski definition) is 3. The summed E-state index contributed by atoms with van der Waals surface area (Å²) in [5, 5.41) is 14.4. The number of para-hydroxylation sites is 1. The predicted molar refractivity (Wildman–Crippen MR) is 74.2 cm³/mol. The maximum atomic E-state index is 11.9. The van der Waals surface area contributed by atoms with Crippen LogP contribution in [0.1, 0.15) is 12.0 Å². The first kappa shape index (κ1) is 15.1. The summed E-state index contributed by atoms with van der Waals surface area (Å²) in [7, 11) is 1.55. The van der Waals surface area contributed by atoms with E-state index in [4.69, 9.17) is 9.47 Å². The highest BCUT2D eigenvalue weighted by atomic mass is 16.5. The van der Waals surface area contributed by atoms with Crippen LogP contribution < -0.4 is 15.4 Å². The summed E-state index contributed by atoms with van der Waals surface area (Å²) in [6.07, 6.45) is 0.254. The van der Waals surface area contributed by atoms with Gasteiger partial charge in [-0.2, -0.15) is 0 Å². The van der Waals surface area contributed by atoms with Crippen molar-refractivity contribution < 1.29 is 24.2 Å². The average Bonchev–Trinajstić information content (AvgIpc) is 2.95. The van der Waals surface area contributed by atoms with Crippen LogP contribution in [0.5, 0.6) is 5.75 Å². The monoisotopic (exact) mass is 294 g/mol. The molecule has 0 radical (unpaired) electrons. The molecule has 0 aliphatic carbocycles. The van der Waals surface area contributed by atoms with Gasteiger partial charge in [-0.1, -0.05) is 18.2 Å². The minimum absolute atomic E-state index is 0.0234. The Morgan fingerprint density at radius 2 is 2.19 bits per heavy atom. The van der Waals surface area contributed by atoms with Gasteiger partial charge in [-0.15, -0.1) is 0 Å². The number of rotatable bonds is 5. The Balaban J connectivity index is 1.94. The molecule has 1 aromatic carbocycles. The van der Waals surface area contributed by atoms with Crippen LogP contribution in [0.4, 0.5) is 4.79 Å². The lowest BCUT2D eigenvalue weighted by atomic mass is 9.99. The predicted octanol–water partition coefficient (Wildman–Crippen LogP) is 0.738. The summed E-state index contributed by atoms with van der Waals surface area (Å²) in [5.41, 5.74) is -0.535. The van der Waals surface area contributed by atoms with Gasteiger partial charge in [0.15, 0.2) is 5.54 Å². The third kappa shape index (κ3) is 3.43. The first-order valence-electron chi connectivity index (χ1n) is 6.56. The number of carbonyl (C=O) groups excluding carboxylic acids is 1. The van der Waals surface area contributed by atoms with Gasteiger partial charge in [-0.05, 0) is 6.07 Å². The lowest BCUT2D eigenvalue weighted by Crippen LogP contribution is -2.57. The summed E-state index contributed by atoms with van der Waals surface area (Å²) in [6.45, 7) is 0.538. The normalized spacial score (nSPS) is 20.8. The van der Waals surface area contributed by atoms with E-state index in [-0.39, 0.29) is 19.6 Å². The van der Waals surface area contributed by atoms with E-state index in [0.717, 1.165) is 5.56 Å². The van der Waals surface area contributed by atoms with E-state index >= 15 is 0 Å². The van der Waals surface area contributed by atoms with E-state index in [1.807, 2.05) is 18.2 Å². The van der Waals surface area contributed by atoms with E-state index in [0.29, 0.717) is 12.4 Å². The third-order valence-corrected chi connectivity index (χ3v) is 3.42. The van der Waals surface area contributed by atoms with Crippen LogP contribution in [-0.4, -0.2) is 43.0 Å². The van der Waals surface area contributed by atoms with Gasteiger partial charge in [-0.25, -0.2) is 9.59 Å². The topological polar surface area (TPSA) is 96.9 Å². The number of carboxylic acid groups (broad SMARTS) is 1. The van der Waals surface area contributed by atoms with Gasteiger partial charge in [0.05, 0.1) is 13.7 Å². The number of benzene rings is 1. The van der Waals surface area contributed by atoms with Gasteiger partial charge < -0.3 is 25.2 Å². The maximum Gasteiger partial charge on any atom is 0.332 e. The second kappa shape index (κ2) is 6.45. The number of methoxy groups -OCH3 is 1. The fourth-order valence-electron chi connectivity index (χ4n) is 2.17. The Hall–Kier alpha value is -2.28. The Morgan fingerprint density at radius 1 is 1.43 bits per heavy atom. The highest BCUT2D eigenvalue weighted by molar-refractivity contribution is 5.86. The number of hydrogen-bond acceptors (Lipinski definition) is 4. The third-order valence-electron chi connectivity index (χ3n) is 3.42. The van der Waals surface area contributed by atoms with Gasteiger partial charge in [0.2, 0.25) is 0 Å². The molecule has 1 aliphatic rings. The van der Waals surface area contributed by atoms with Crippen LogP contribution in [0.25, 0.3) is 0 Å². The number of amides is 2. The molecule has 2 rings (SSSR count). The van der Waals surface area contributed by atoms with Crippen molar-refractivity contribution in [3.05, 3.63) is 29.8 Å². The molecule has 1 atom stereocenters. The number of aliphatic carboxylic acids is 1. The molecule has 7 nitrogen and oxygen atoms in total. The molecule has 2 amide bonds. The van der Waals surface area contributed by atoms with Crippen molar-refractivity contribution in [1.82, 2.24) is 10.6 Å². The van der Waals surface area contributed by atoms with Crippen LogP contribution in [-0.2, 0) is 16.1 Å². The standard InChI is InChI=1S/C14H18N2O5/c1-20-11-5-3-2-4-10(11)8-15-13(19)16-14(12(17)18)6-7-21-9-14/h2-5H,6-9H2,1H3,(H,17,18)(H2,15,16,19). The molecule has 0 aromatic heterocycles. The lowest BCUT2D eigenvalue weighted by Gasteiger charge is -2.23. The Kier molecular flexibility index (Phi) is 4.64. The molecular formula is C14H18N2O5. The SMILES string of the molecule is COc1ccccc1CNC(=O)NC1(C(=O)O)CCOC1. The molecular weight excluding hydrogens is 276 g/mol. The van der Waals surface area contributed by atoms with Crippen LogP contribution >= 0.6 is 0 Å². The Bertz CT molecular complexity index is 526. The summed E-state index contributed by atoms with van der Waals surface area (Å²) in [6, 6.07) is 6.73. The maximum absolute atomic E-state index is 11.9. The van der Waals surface area contributed by atoms with Crippen molar-refractivity contribution in [1.29, 1.82) is 0 Å². The molecule has 1 aliphatic heterocycles. The number of carbonyl (C=O) groups is 2. The van der Waals surface area contributed by atoms with Crippen molar-refractivity contribution in [3.63, 3.8) is 0 Å². The van der Waals surface area contributed by atoms with Gasteiger partial charge in [-0.3, -0.25) is 0 Å². The van der Waals surface area contributed by atoms with Crippen molar-refractivity contribution in [2.24, 2.45) is 0 Å². The minimum Gasteiger partial charge on any atom is -0.496 e. The molecule has 0 spiro atoms. The van der Waals surface area contributed by atoms with Crippen molar-refractivity contribution in [2.75, 3.05) is 20.3 Å². The quantitative estimate of drug-likeness (QED) is 0.744. The Labute approximate surface area is 122 Å². The molecule has 0 saturated carbocycles. The zero-order chi connectivity index (χ0) is 15.3. The molecule has 21 heavy (non-hydrogen) atoms. The average molecular weight is 294 g/mol. The highest BCUT2D eigenvalue weighted by Gasteiger charge is 2.43. The molecule has 1 heterocycles. The number of nitrogens with one attached hydrogen (secondary N) is 2. The van der Waals surface area contributed by atoms with E-state index in [2.05, 4.69) is 10.6 Å². The molecule has 3 N–H and O–H groups in total. The van der Waals surface area contributed by atoms with Gasteiger partial charge in [0, 0.05) is 25.1 Å². The smallest absolute Gasteiger partial charge is 0.332 e. The van der Waals surface area contributed by atoms with Crippen molar-refractivity contribution >= 4 is 12.0 Å². The number of carboxylic acids is 1. The van der Waals surface area contributed by atoms with Crippen molar-refractivity contribution in [2.45, 2.75) is 18.5 Å². The first-order valence-corrected chi connectivity index (χ1v) is 6.56. The molecule has 1 aromatic rings. The molecule has 1 fully saturated rings. The highest BCUT2D eigenvalue weighted by Crippen LogP contribution is 2.19. The van der Waals surface area contributed by atoms with E-state index in [9.17, 15) is 14.7 Å². The van der Waals surface area contributed by atoms with Gasteiger partial charge >= 0.3 is 12.0 Å². The second-order valence-electron chi connectivity index (χ2n) is 4.81. The fourth-order valence-corrected chi connectivity index (χ4v) is 2.17. The van der Waals surface area contributed by atoms with Gasteiger partial charge in [0.1, 0.15) is 5.75 Å². The Morgan fingerprint density at radius 3 is 2.81 bits per heavy atom.